The highest BCUT2D eigenvalue weighted by Crippen LogP contribution is 2.12. The molecule has 2 unspecified atom stereocenters. The van der Waals surface area contributed by atoms with Crippen LogP contribution in [0.3, 0.4) is 0 Å². The van der Waals surface area contributed by atoms with E-state index < -0.39 is 0 Å². The summed E-state index contributed by atoms with van der Waals surface area (Å²) in [5, 5.41) is 6.18. The minimum Gasteiger partial charge on any atom is -0.353 e. The molecule has 0 aliphatic rings. The quantitative estimate of drug-likeness (QED) is 0.812. The number of amides is 1. The summed E-state index contributed by atoms with van der Waals surface area (Å²) >= 11 is 0. The van der Waals surface area contributed by atoms with Crippen molar-refractivity contribution in [2.45, 2.75) is 46.2 Å². The summed E-state index contributed by atoms with van der Waals surface area (Å²) in [7, 11) is 0. The van der Waals surface area contributed by atoms with E-state index in [1.807, 2.05) is 6.92 Å². The van der Waals surface area contributed by atoms with Crippen LogP contribution in [-0.2, 0) is 4.79 Å². The molecule has 0 aromatic heterocycles. The Morgan fingerprint density at radius 2 is 1.83 bits per heavy atom. The summed E-state index contributed by atoms with van der Waals surface area (Å²) in [5.41, 5.74) is 2.46. The number of benzene rings is 1. The lowest BCUT2D eigenvalue weighted by Gasteiger charge is -2.16. The highest BCUT2D eigenvalue weighted by atomic mass is 16.1. The molecule has 0 fully saturated rings. The van der Waals surface area contributed by atoms with Crippen molar-refractivity contribution in [1.29, 1.82) is 0 Å². The third kappa shape index (κ3) is 4.88. The van der Waals surface area contributed by atoms with Crippen LogP contribution in [0.25, 0.3) is 0 Å². The number of hydrogen-bond donors (Lipinski definition) is 2. The molecule has 0 saturated heterocycles. The van der Waals surface area contributed by atoms with Gasteiger partial charge in [-0.1, -0.05) is 36.8 Å². The van der Waals surface area contributed by atoms with Gasteiger partial charge in [0.1, 0.15) is 0 Å². The monoisotopic (exact) mass is 248 g/mol. The van der Waals surface area contributed by atoms with Crippen molar-refractivity contribution in [3.8, 4) is 0 Å². The van der Waals surface area contributed by atoms with Gasteiger partial charge in [0.15, 0.2) is 0 Å². The van der Waals surface area contributed by atoms with Gasteiger partial charge in [0.25, 0.3) is 0 Å². The third-order valence-electron chi connectivity index (χ3n) is 3.17. The summed E-state index contributed by atoms with van der Waals surface area (Å²) in [6.45, 7) is 8.58. The summed E-state index contributed by atoms with van der Waals surface area (Å²) in [6, 6.07) is 8.81. The van der Waals surface area contributed by atoms with Crippen LogP contribution in [-0.4, -0.2) is 18.5 Å². The van der Waals surface area contributed by atoms with Crippen molar-refractivity contribution in [2.24, 2.45) is 0 Å². The van der Waals surface area contributed by atoms with Gasteiger partial charge in [0.05, 0.1) is 6.54 Å². The van der Waals surface area contributed by atoms with Gasteiger partial charge in [0, 0.05) is 12.1 Å². The molecular formula is C15H24N2O. The fraction of sp³-hybridized carbons (Fsp3) is 0.533. The second-order valence-corrected chi connectivity index (χ2v) is 4.89. The van der Waals surface area contributed by atoms with Crippen LogP contribution in [0, 0.1) is 6.92 Å². The molecule has 0 saturated carbocycles. The van der Waals surface area contributed by atoms with Crippen LogP contribution in [0.2, 0.25) is 0 Å². The Labute approximate surface area is 110 Å². The van der Waals surface area contributed by atoms with Gasteiger partial charge in [-0.15, -0.1) is 0 Å². The van der Waals surface area contributed by atoms with E-state index in [1.165, 1.54) is 11.1 Å². The number of hydrogen-bond acceptors (Lipinski definition) is 2. The lowest BCUT2D eigenvalue weighted by molar-refractivity contribution is -0.120. The maximum absolute atomic E-state index is 11.6. The largest absolute Gasteiger partial charge is 0.353 e. The van der Waals surface area contributed by atoms with Crippen LogP contribution in [0.5, 0.6) is 0 Å². The molecule has 0 bridgehead atoms. The van der Waals surface area contributed by atoms with E-state index in [2.05, 4.69) is 55.7 Å². The first kappa shape index (κ1) is 14.7. The molecule has 18 heavy (non-hydrogen) atoms. The van der Waals surface area contributed by atoms with Crippen molar-refractivity contribution in [3.05, 3.63) is 35.4 Å². The summed E-state index contributed by atoms with van der Waals surface area (Å²) in [4.78, 5) is 11.6. The van der Waals surface area contributed by atoms with Crippen LogP contribution in [0.15, 0.2) is 24.3 Å². The Kier molecular flexibility index (Phi) is 5.86. The predicted octanol–water partition coefficient (Wildman–Crippen LogP) is 2.56. The van der Waals surface area contributed by atoms with E-state index in [9.17, 15) is 4.79 Å². The molecule has 2 N–H and O–H groups in total. The minimum atomic E-state index is 0.0586. The van der Waals surface area contributed by atoms with Crippen LogP contribution >= 0.6 is 0 Å². The number of carbonyl (C=O) groups is 1. The second-order valence-electron chi connectivity index (χ2n) is 4.89. The second kappa shape index (κ2) is 7.17. The molecule has 3 heteroatoms. The number of rotatable bonds is 6. The highest BCUT2D eigenvalue weighted by molar-refractivity contribution is 5.78. The molecule has 1 amide bonds. The van der Waals surface area contributed by atoms with Crippen LogP contribution in [0.4, 0.5) is 0 Å². The van der Waals surface area contributed by atoms with Gasteiger partial charge >= 0.3 is 0 Å². The van der Waals surface area contributed by atoms with Crippen molar-refractivity contribution in [2.75, 3.05) is 6.54 Å². The molecule has 1 aromatic carbocycles. The van der Waals surface area contributed by atoms with E-state index in [1.54, 1.807) is 0 Å². The lowest BCUT2D eigenvalue weighted by Crippen LogP contribution is -2.39. The minimum absolute atomic E-state index is 0.0586. The maximum atomic E-state index is 11.6. The van der Waals surface area contributed by atoms with Gasteiger partial charge < -0.3 is 10.6 Å². The Morgan fingerprint density at radius 1 is 1.22 bits per heavy atom. The normalized spacial score (nSPS) is 14.0. The molecule has 100 valence electrons. The molecular weight excluding hydrogens is 224 g/mol. The van der Waals surface area contributed by atoms with E-state index in [-0.39, 0.29) is 18.0 Å². The van der Waals surface area contributed by atoms with Crippen molar-refractivity contribution in [3.63, 3.8) is 0 Å². The fourth-order valence-corrected chi connectivity index (χ4v) is 1.65. The molecule has 1 aromatic rings. The van der Waals surface area contributed by atoms with Gasteiger partial charge in [-0.05, 0) is 32.8 Å². The summed E-state index contributed by atoms with van der Waals surface area (Å²) in [5.74, 6) is 0.0586. The molecule has 3 nitrogen and oxygen atoms in total. The van der Waals surface area contributed by atoms with Crippen molar-refractivity contribution >= 4 is 5.91 Å². The molecule has 0 heterocycles. The van der Waals surface area contributed by atoms with E-state index in [0.717, 1.165) is 6.42 Å². The highest BCUT2D eigenvalue weighted by Gasteiger charge is 2.08. The Hall–Kier alpha value is -1.35. The average molecular weight is 248 g/mol. The first-order chi connectivity index (χ1) is 8.52. The fourth-order valence-electron chi connectivity index (χ4n) is 1.65. The lowest BCUT2D eigenvalue weighted by atomic mass is 10.1. The Morgan fingerprint density at radius 3 is 2.39 bits per heavy atom. The molecule has 2 atom stereocenters. The predicted molar refractivity (Wildman–Crippen MR) is 75.5 cm³/mol. The van der Waals surface area contributed by atoms with Crippen LogP contribution < -0.4 is 10.6 Å². The van der Waals surface area contributed by atoms with E-state index in [4.69, 9.17) is 0 Å². The zero-order valence-corrected chi connectivity index (χ0v) is 11.8. The first-order valence-corrected chi connectivity index (χ1v) is 6.62. The first-order valence-electron chi connectivity index (χ1n) is 6.62. The van der Waals surface area contributed by atoms with Crippen molar-refractivity contribution in [1.82, 2.24) is 10.6 Å². The van der Waals surface area contributed by atoms with Crippen molar-refractivity contribution < 1.29 is 4.79 Å². The number of carbonyl (C=O) groups excluding carboxylic acids is 1. The Balaban J connectivity index is 2.39. The molecule has 1 rings (SSSR count). The third-order valence-corrected chi connectivity index (χ3v) is 3.17. The Bertz CT molecular complexity index is 373. The molecule has 0 spiro atoms. The van der Waals surface area contributed by atoms with Gasteiger partial charge in [-0.2, -0.15) is 0 Å². The summed E-state index contributed by atoms with van der Waals surface area (Å²) in [6.07, 6.45) is 0.958. The van der Waals surface area contributed by atoms with Gasteiger partial charge in [0.2, 0.25) is 5.91 Å². The zero-order valence-electron chi connectivity index (χ0n) is 11.8. The number of nitrogens with one attached hydrogen (secondary N) is 2. The van der Waals surface area contributed by atoms with E-state index >= 15 is 0 Å². The average Bonchev–Trinajstić information content (AvgIpc) is 2.36. The SMILES string of the molecule is CCC(C)NC(=O)CNC(C)c1ccc(C)cc1. The smallest absolute Gasteiger partial charge is 0.234 e. The molecule has 0 aliphatic heterocycles. The topological polar surface area (TPSA) is 41.1 Å². The zero-order chi connectivity index (χ0) is 13.5. The van der Waals surface area contributed by atoms with Gasteiger partial charge in [-0.3, -0.25) is 4.79 Å². The molecule has 0 aliphatic carbocycles. The molecule has 0 radical (unpaired) electrons. The van der Waals surface area contributed by atoms with Crippen LogP contribution in [0.1, 0.15) is 44.4 Å². The number of aryl methyl sites for hydroxylation is 1. The van der Waals surface area contributed by atoms with E-state index in [0.29, 0.717) is 6.54 Å². The maximum Gasteiger partial charge on any atom is 0.234 e. The summed E-state index contributed by atoms with van der Waals surface area (Å²) < 4.78 is 0. The standard InChI is InChI=1S/C15H24N2O/c1-5-12(3)17-15(18)10-16-13(4)14-8-6-11(2)7-9-14/h6-9,12-13,16H,5,10H2,1-4H3,(H,17,18). The van der Waals surface area contributed by atoms with Gasteiger partial charge in [-0.25, -0.2) is 0 Å².